The molecular weight excluding hydrogens is 450 g/mol. The molecule has 176 valence electrons. The highest BCUT2D eigenvalue weighted by Crippen LogP contribution is 2.32. The summed E-state index contributed by atoms with van der Waals surface area (Å²) in [4.78, 5) is 24.5. The summed E-state index contributed by atoms with van der Waals surface area (Å²) in [5.41, 5.74) is 1.47. The molecule has 0 radical (unpaired) electrons. The minimum atomic E-state index is -3.80. The van der Waals surface area contributed by atoms with Crippen LogP contribution in [-0.4, -0.2) is 64.1 Å². The minimum absolute atomic E-state index is 0.0139. The summed E-state index contributed by atoms with van der Waals surface area (Å²) in [5, 5.41) is 5.49. The maximum absolute atomic E-state index is 13.1. The predicted molar refractivity (Wildman–Crippen MR) is 120 cm³/mol. The first-order chi connectivity index (χ1) is 15.8. The van der Waals surface area contributed by atoms with E-state index in [0.29, 0.717) is 35.9 Å². The van der Waals surface area contributed by atoms with Crippen molar-refractivity contribution in [3.05, 3.63) is 42.0 Å². The van der Waals surface area contributed by atoms with Gasteiger partial charge in [-0.1, -0.05) is 6.07 Å². The SMILES string of the molecule is COc1ccc(CC(=O)Nc2ccc3c(c2)NC(=O)[C@@H](C)O3)cc1S(=O)(=O)N1CCOCC1. The third kappa shape index (κ3) is 4.95. The number of morpholine rings is 1. The first kappa shape index (κ1) is 23.0. The molecule has 2 aromatic carbocycles. The molecule has 2 aliphatic heterocycles. The molecule has 0 aromatic heterocycles. The largest absolute Gasteiger partial charge is 0.495 e. The first-order valence-electron chi connectivity index (χ1n) is 10.4. The number of fused-ring (bicyclic) bond motifs is 1. The Morgan fingerprint density at radius 1 is 1.21 bits per heavy atom. The van der Waals surface area contributed by atoms with Crippen molar-refractivity contribution < 1.29 is 32.2 Å². The summed E-state index contributed by atoms with van der Waals surface area (Å²) < 4.78 is 43.6. The normalized spacial score (nSPS) is 18.6. The highest BCUT2D eigenvalue weighted by atomic mass is 32.2. The monoisotopic (exact) mass is 475 g/mol. The smallest absolute Gasteiger partial charge is 0.265 e. The molecule has 1 fully saturated rings. The fourth-order valence-electron chi connectivity index (χ4n) is 3.64. The van der Waals surface area contributed by atoms with E-state index >= 15 is 0 Å². The Labute approximate surface area is 191 Å². The van der Waals surface area contributed by atoms with Gasteiger partial charge in [0.25, 0.3) is 5.91 Å². The van der Waals surface area contributed by atoms with Crippen molar-refractivity contribution in [2.45, 2.75) is 24.3 Å². The van der Waals surface area contributed by atoms with Crippen LogP contribution in [0.2, 0.25) is 0 Å². The number of ether oxygens (including phenoxy) is 3. The molecule has 33 heavy (non-hydrogen) atoms. The van der Waals surface area contributed by atoms with E-state index in [0.717, 1.165) is 0 Å². The van der Waals surface area contributed by atoms with Crippen LogP contribution in [0.5, 0.6) is 11.5 Å². The highest BCUT2D eigenvalue weighted by molar-refractivity contribution is 7.89. The van der Waals surface area contributed by atoms with Gasteiger partial charge in [0.2, 0.25) is 15.9 Å². The lowest BCUT2D eigenvalue weighted by atomic mass is 10.1. The number of nitrogens with zero attached hydrogens (tertiary/aromatic N) is 1. The first-order valence-corrected chi connectivity index (χ1v) is 11.9. The molecule has 11 heteroatoms. The molecule has 2 aliphatic rings. The molecule has 2 N–H and O–H groups in total. The summed E-state index contributed by atoms with van der Waals surface area (Å²) in [7, 11) is -2.40. The Morgan fingerprint density at radius 2 is 1.97 bits per heavy atom. The number of hydrogen-bond donors (Lipinski definition) is 2. The number of carbonyl (C=O) groups is 2. The standard InChI is InChI=1S/C22H25N3O7S/c1-14-22(27)24-17-13-16(4-6-18(17)32-14)23-21(26)12-15-3-5-19(30-2)20(11-15)33(28,29)25-7-9-31-10-8-25/h3-6,11,13-14H,7-10,12H2,1-2H3,(H,23,26)(H,24,27)/t14-/m1/s1. The van der Waals surface area contributed by atoms with Gasteiger partial charge >= 0.3 is 0 Å². The lowest BCUT2D eigenvalue weighted by molar-refractivity contribution is -0.122. The van der Waals surface area contributed by atoms with Crippen LogP contribution < -0.4 is 20.1 Å². The second kappa shape index (κ2) is 9.38. The van der Waals surface area contributed by atoms with E-state index in [4.69, 9.17) is 14.2 Å². The summed E-state index contributed by atoms with van der Waals surface area (Å²) in [6, 6.07) is 9.61. The van der Waals surface area contributed by atoms with Crippen molar-refractivity contribution in [2.24, 2.45) is 0 Å². The van der Waals surface area contributed by atoms with Crippen LogP contribution in [-0.2, 0) is 30.8 Å². The van der Waals surface area contributed by atoms with Gasteiger partial charge in [-0.15, -0.1) is 0 Å². The number of carbonyl (C=O) groups excluding carboxylic acids is 2. The molecule has 0 aliphatic carbocycles. The molecule has 2 aromatic rings. The minimum Gasteiger partial charge on any atom is -0.495 e. The highest BCUT2D eigenvalue weighted by Gasteiger charge is 2.30. The molecule has 0 saturated carbocycles. The topological polar surface area (TPSA) is 123 Å². The summed E-state index contributed by atoms with van der Waals surface area (Å²) in [6.45, 7) is 2.82. The number of nitrogens with one attached hydrogen (secondary N) is 2. The molecule has 10 nitrogen and oxygen atoms in total. The molecule has 0 bridgehead atoms. The number of benzene rings is 2. The maximum Gasteiger partial charge on any atom is 0.265 e. The fourth-order valence-corrected chi connectivity index (χ4v) is 5.25. The quantitative estimate of drug-likeness (QED) is 0.651. The summed E-state index contributed by atoms with van der Waals surface area (Å²) >= 11 is 0. The van der Waals surface area contributed by atoms with Crippen LogP contribution in [0.25, 0.3) is 0 Å². The Kier molecular flexibility index (Phi) is 6.54. The van der Waals surface area contributed by atoms with E-state index in [1.807, 2.05) is 0 Å². The van der Waals surface area contributed by atoms with E-state index in [1.165, 1.54) is 17.5 Å². The van der Waals surface area contributed by atoms with Gasteiger partial charge in [0.05, 0.1) is 32.4 Å². The number of hydrogen-bond acceptors (Lipinski definition) is 7. The van der Waals surface area contributed by atoms with Crippen molar-refractivity contribution >= 4 is 33.2 Å². The van der Waals surface area contributed by atoms with Crippen LogP contribution in [0, 0.1) is 0 Å². The number of anilines is 2. The van der Waals surface area contributed by atoms with Gasteiger partial charge in [0.15, 0.2) is 6.10 Å². The van der Waals surface area contributed by atoms with Crippen molar-refractivity contribution in [1.29, 1.82) is 0 Å². The zero-order valence-electron chi connectivity index (χ0n) is 18.3. The van der Waals surface area contributed by atoms with Gasteiger partial charge in [0.1, 0.15) is 16.4 Å². The number of rotatable bonds is 6. The van der Waals surface area contributed by atoms with E-state index in [2.05, 4.69) is 10.6 Å². The molecule has 0 spiro atoms. The van der Waals surface area contributed by atoms with Gasteiger partial charge in [-0.25, -0.2) is 8.42 Å². The van der Waals surface area contributed by atoms with E-state index in [1.54, 1.807) is 37.3 Å². The molecular formula is C22H25N3O7S. The molecule has 0 unspecified atom stereocenters. The van der Waals surface area contributed by atoms with E-state index < -0.39 is 16.1 Å². The third-order valence-corrected chi connectivity index (χ3v) is 7.29. The summed E-state index contributed by atoms with van der Waals surface area (Å²) in [6.07, 6.45) is -0.636. The second-order valence-electron chi connectivity index (χ2n) is 7.69. The van der Waals surface area contributed by atoms with Crippen LogP contribution >= 0.6 is 0 Å². The lowest BCUT2D eigenvalue weighted by Gasteiger charge is -2.26. The number of amides is 2. The van der Waals surface area contributed by atoms with Gasteiger partial charge in [-0.2, -0.15) is 4.31 Å². The van der Waals surface area contributed by atoms with Gasteiger partial charge in [0, 0.05) is 18.8 Å². The van der Waals surface area contributed by atoms with Crippen molar-refractivity contribution in [3.63, 3.8) is 0 Å². The molecule has 1 atom stereocenters. The van der Waals surface area contributed by atoms with Gasteiger partial charge in [-0.05, 0) is 42.8 Å². The van der Waals surface area contributed by atoms with Crippen LogP contribution in [0.15, 0.2) is 41.3 Å². The lowest BCUT2D eigenvalue weighted by Crippen LogP contribution is -2.40. The average molecular weight is 476 g/mol. The average Bonchev–Trinajstić information content (AvgIpc) is 2.80. The summed E-state index contributed by atoms with van der Waals surface area (Å²) in [5.74, 6) is 0.128. The Morgan fingerprint density at radius 3 is 2.70 bits per heavy atom. The van der Waals surface area contributed by atoms with Crippen LogP contribution in [0.1, 0.15) is 12.5 Å². The fraction of sp³-hybridized carbons (Fsp3) is 0.364. The van der Waals surface area contributed by atoms with Gasteiger partial charge < -0.3 is 24.8 Å². The molecule has 4 rings (SSSR count). The molecule has 2 heterocycles. The predicted octanol–water partition coefficient (Wildman–Crippen LogP) is 1.62. The molecule has 1 saturated heterocycles. The van der Waals surface area contributed by atoms with E-state index in [9.17, 15) is 18.0 Å². The van der Waals surface area contributed by atoms with E-state index in [-0.39, 0.29) is 42.0 Å². The van der Waals surface area contributed by atoms with Gasteiger partial charge in [-0.3, -0.25) is 9.59 Å². The molecule has 2 amide bonds. The van der Waals surface area contributed by atoms with Crippen LogP contribution in [0.3, 0.4) is 0 Å². The maximum atomic E-state index is 13.1. The zero-order chi connectivity index (χ0) is 23.6. The second-order valence-corrected chi connectivity index (χ2v) is 9.59. The Balaban J connectivity index is 1.50. The Hall–Kier alpha value is -3.15. The Bertz CT molecular complexity index is 1180. The van der Waals surface area contributed by atoms with Crippen molar-refractivity contribution in [1.82, 2.24) is 4.31 Å². The van der Waals surface area contributed by atoms with Crippen molar-refractivity contribution in [3.8, 4) is 11.5 Å². The van der Waals surface area contributed by atoms with Crippen molar-refractivity contribution in [2.75, 3.05) is 44.0 Å². The third-order valence-electron chi connectivity index (χ3n) is 5.37. The zero-order valence-corrected chi connectivity index (χ0v) is 19.1. The number of sulfonamides is 1. The van der Waals surface area contributed by atoms with Crippen LogP contribution in [0.4, 0.5) is 11.4 Å². The number of methoxy groups -OCH3 is 1.